The second-order valence-corrected chi connectivity index (χ2v) is 8.46. The van der Waals surface area contributed by atoms with Crippen LogP contribution in [0.2, 0.25) is 5.02 Å². The summed E-state index contributed by atoms with van der Waals surface area (Å²) < 4.78 is 30.2. The van der Waals surface area contributed by atoms with Gasteiger partial charge in [0.05, 0.1) is 19.4 Å². The summed E-state index contributed by atoms with van der Waals surface area (Å²) in [5, 5.41) is 7.09. The third-order valence-corrected chi connectivity index (χ3v) is 6.42. The minimum Gasteiger partial charge on any atom is -0.497 e. The van der Waals surface area contributed by atoms with Crippen LogP contribution in [0.3, 0.4) is 0 Å². The van der Waals surface area contributed by atoms with Gasteiger partial charge >= 0.3 is 0 Å². The van der Waals surface area contributed by atoms with Crippen molar-refractivity contribution in [3.63, 3.8) is 0 Å². The van der Waals surface area contributed by atoms with E-state index in [0.717, 1.165) is 24.3 Å². The lowest BCUT2D eigenvalue weighted by Gasteiger charge is -2.14. The Morgan fingerprint density at radius 1 is 1.38 bits per heavy atom. The molecule has 0 atom stereocenters. The Labute approximate surface area is 160 Å². The van der Waals surface area contributed by atoms with Gasteiger partial charge in [0.2, 0.25) is 10.0 Å². The van der Waals surface area contributed by atoms with Crippen LogP contribution < -0.4 is 15.4 Å². The van der Waals surface area contributed by atoms with E-state index in [0.29, 0.717) is 43.6 Å². The van der Waals surface area contributed by atoms with Crippen molar-refractivity contribution in [3.8, 4) is 5.75 Å². The van der Waals surface area contributed by atoms with E-state index in [1.807, 2.05) is 19.1 Å². The molecule has 0 aromatic heterocycles. The average molecular weight is 403 g/mol. The number of hydrogen-bond acceptors (Lipinski definition) is 4. The molecule has 0 radical (unpaired) electrons. The first-order valence-electron chi connectivity index (χ1n) is 8.78. The fourth-order valence-electron chi connectivity index (χ4n) is 2.73. The summed E-state index contributed by atoms with van der Waals surface area (Å²) >= 11 is 6.25. The largest absolute Gasteiger partial charge is 0.497 e. The van der Waals surface area contributed by atoms with E-state index in [1.54, 1.807) is 13.2 Å². The van der Waals surface area contributed by atoms with E-state index in [9.17, 15) is 8.42 Å². The van der Waals surface area contributed by atoms with Gasteiger partial charge in [-0.15, -0.1) is 0 Å². The number of rotatable bonds is 8. The van der Waals surface area contributed by atoms with Gasteiger partial charge in [-0.3, -0.25) is 4.99 Å². The quantitative estimate of drug-likeness (QED) is 0.508. The Morgan fingerprint density at radius 2 is 2.19 bits per heavy atom. The Bertz CT molecular complexity index is 725. The van der Waals surface area contributed by atoms with Crippen LogP contribution in [0.5, 0.6) is 5.75 Å². The molecule has 1 aliphatic rings. The van der Waals surface area contributed by atoms with Gasteiger partial charge in [-0.05, 0) is 37.5 Å². The maximum Gasteiger partial charge on any atom is 0.214 e. The van der Waals surface area contributed by atoms with Crippen molar-refractivity contribution < 1.29 is 13.2 Å². The summed E-state index contributed by atoms with van der Waals surface area (Å²) in [4.78, 5) is 4.46. The van der Waals surface area contributed by atoms with Crippen LogP contribution in [-0.2, 0) is 16.4 Å². The van der Waals surface area contributed by atoms with Gasteiger partial charge in [0.1, 0.15) is 5.75 Å². The number of methoxy groups -OCH3 is 1. The highest BCUT2D eigenvalue weighted by Crippen LogP contribution is 2.22. The zero-order valence-corrected chi connectivity index (χ0v) is 16.9. The standard InChI is InChI=1S/C17H27ClN4O3S/c1-3-19-17(21-9-11-22-10-4-12-26(22,23)24)20-8-7-14-5-6-15(25-2)13-16(14)18/h5-6,13H,3-4,7-12H2,1-2H3,(H2,19,20,21). The highest BCUT2D eigenvalue weighted by molar-refractivity contribution is 7.89. The molecule has 1 aromatic carbocycles. The predicted molar refractivity (Wildman–Crippen MR) is 106 cm³/mol. The lowest BCUT2D eigenvalue weighted by Crippen LogP contribution is -2.39. The Morgan fingerprint density at radius 3 is 2.81 bits per heavy atom. The molecule has 0 saturated carbocycles. The van der Waals surface area contributed by atoms with Crippen molar-refractivity contribution in [1.82, 2.24) is 14.9 Å². The number of halogens is 1. The molecule has 0 bridgehead atoms. The first kappa shape index (κ1) is 20.8. The maximum absolute atomic E-state index is 11.8. The van der Waals surface area contributed by atoms with Gasteiger partial charge in [-0.1, -0.05) is 17.7 Å². The fourth-order valence-corrected chi connectivity index (χ4v) is 4.52. The van der Waals surface area contributed by atoms with Crippen LogP contribution in [0, 0.1) is 0 Å². The molecule has 1 heterocycles. The van der Waals surface area contributed by atoms with Crippen LogP contribution in [0.4, 0.5) is 0 Å². The molecule has 1 saturated heterocycles. The van der Waals surface area contributed by atoms with Gasteiger partial charge in [-0.2, -0.15) is 0 Å². The first-order chi connectivity index (χ1) is 12.5. The van der Waals surface area contributed by atoms with Gasteiger partial charge in [0.25, 0.3) is 0 Å². The molecule has 0 amide bonds. The SMILES string of the molecule is CCNC(=NCCN1CCCS1(=O)=O)NCCc1ccc(OC)cc1Cl. The number of nitrogens with one attached hydrogen (secondary N) is 2. The van der Waals surface area contributed by atoms with Crippen LogP contribution >= 0.6 is 11.6 Å². The monoisotopic (exact) mass is 402 g/mol. The molecular formula is C17H27ClN4O3S. The zero-order chi connectivity index (χ0) is 19.0. The molecule has 0 spiro atoms. The third kappa shape index (κ3) is 6.03. The molecular weight excluding hydrogens is 376 g/mol. The minimum absolute atomic E-state index is 0.248. The van der Waals surface area contributed by atoms with Crippen molar-refractivity contribution in [1.29, 1.82) is 0 Å². The number of hydrogen-bond donors (Lipinski definition) is 2. The minimum atomic E-state index is -3.06. The molecule has 9 heteroatoms. The molecule has 146 valence electrons. The Balaban J connectivity index is 1.83. The van der Waals surface area contributed by atoms with Crippen molar-refractivity contribution >= 4 is 27.6 Å². The molecule has 1 aromatic rings. The van der Waals surface area contributed by atoms with Crippen LogP contribution in [-0.4, -0.2) is 64.3 Å². The molecule has 26 heavy (non-hydrogen) atoms. The molecule has 1 fully saturated rings. The topological polar surface area (TPSA) is 83.0 Å². The van der Waals surface area contributed by atoms with E-state index < -0.39 is 10.0 Å². The smallest absolute Gasteiger partial charge is 0.214 e. The molecule has 1 aliphatic heterocycles. The van der Waals surface area contributed by atoms with Crippen molar-refractivity contribution in [3.05, 3.63) is 28.8 Å². The summed E-state index contributed by atoms with van der Waals surface area (Å²) in [6, 6.07) is 5.63. The first-order valence-corrected chi connectivity index (χ1v) is 10.8. The van der Waals surface area contributed by atoms with E-state index >= 15 is 0 Å². The predicted octanol–water partition coefficient (Wildman–Crippen LogP) is 1.48. The second-order valence-electron chi connectivity index (χ2n) is 5.96. The highest BCUT2D eigenvalue weighted by atomic mass is 35.5. The number of sulfonamides is 1. The molecule has 7 nitrogen and oxygen atoms in total. The molecule has 2 N–H and O–H groups in total. The number of benzene rings is 1. The zero-order valence-electron chi connectivity index (χ0n) is 15.3. The lowest BCUT2D eigenvalue weighted by molar-refractivity contribution is 0.414. The van der Waals surface area contributed by atoms with Crippen molar-refractivity contribution in [2.75, 3.05) is 45.6 Å². The normalized spacial score (nSPS) is 17.3. The average Bonchev–Trinajstić information content (AvgIpc) is 2.94. The number of nitrogens with zero attached hydrogens (tertiary/aromatic N) is 2. The van der Waals surface area contributed by atoms with Crippen molar-refractivity contribution in [2.24, 2.45) is 4.99 Å². The number of aliphatic imine (C=N–C) groups is 1. The summed E-state index contributed by atoms with van der Waals surface area (Å²) in [6.45, 7) is 4.83. The van der Waals surface area contributed by atoms with E-state index in [1.165, 1.54) is 4.31 Å². The van der Waals surface area contributed by atoms with Gasteiger partial charge in [0.15, 0.2) is 5.96 Å². The molecule has 0 unspecified atom stereocenters. The molecule has 0 aliphatic carbocycles. The van der Waals surface area contributed by atoms with Gasteiger partial charge in [0, 0.05) is 31.2 Å². The molecule has 2 rings (SSSR count). The van der Waals surface area contributed by atoms with E-state index in [2.05, 4.69) is 15.6 Å². The summed E-state index contributed by atoms with van der Waals surface area (Å²) in [7, 11) is -1.45. The van der Waals surface area contributed by atoms with Gasteiger partial charge < -0.3 is 15.4 Å². The summed E-state index contributed by atoms with van der Waals surface area (Å²) in [5.41, 5.74) is 1.03. The van der Waals surface area contributed by atoms with E-state index in [4.69, 9.17) is 16.3 Å². The summed E-state index contributed by atoms with van der Waals surface area (Å²) in [5.74, 6) is 1.66. The number of guanidine groups is 1. The van der Waals surface area contributed by atoms with E-state index in [-0.39, 0.29) is 5.75 Å². The van der Waals surface area contributed by atoms with Crippen LogP contribution in [0.15, 0.2) is 23.2 Å². The van der Waals surface area contributed by atoms with Crippen molar-refractivity contribution in [2.45, 2.75) is 19.8 Å². The second kappa shape index (κ2) is 9.99. The fraction of sp³-hybridized carbons (Fsp3) is 0.588. The summed E-state index contributed by atoms with van der Waals surface area (Å²) in [6.07, 6.45) is 1.45. The van der Waals surface area contributed by atoms with Crippen LogP contribution in [0.1, 0.15) is 18.9 Å². The van der Waals surface area contributed by atoms with Gasteiger partial charge in [-0.25, -0.2) is 12.7 Å². The lowest BCUT2D eigenvalue weighted by atomic mass is 10.1. The van der Waals surface area contributed by atoms with Crippen LogP contribution in [0.25, 0.3) is 0 Å². The maximum atomic E-state index is 11.8. The third-order valence-electron chi connectivity index (χ3n) is 4.11. The number of ether oxygens (including phenoxy) is 1. The Kier molecular flexibility index (Phi) is 7.99. The Hall–Kier alpha value is -1.51. The highest BCUT2D eigenvalue weighted by Gasteiger charge is 2.27.